The molecule has 3 aromatic rings. The van der Waals surface area contributed by atoms with Gasteiger partial charge >= 0.3 is 5.69 Å². The zero-order chi connectivity index (χ0) is 18.8. The molecule has 0 aliphatic heterocycles. The van der Waals surface area contributed by atoms with Crippen LogP contribution >= 0.6 is 15.9 Å². The lowest BCUT2D eigenvalue weighted by Crippen LogP contribution is -2.34. The third-order valence-corrected chi connectivity index (χ3v) is 5.03. The van der Waals surface area contributed by atoms with Crippen molar-refractivity contribution in [3.8, 4) is 5.75 Å². The van der Waals surface area contributed by atoms with E-state index in [-0.39, 0.29) is 24.2 Å². The number of methoxy groups -OCH3 is 1. The number of aromatic nitrogens is 2. The van der Waals surface area contributed by atoms with Gasteiger partial charge < -0.3 is 10.1 Å². The molecule has 26 heavy (non-hydrogen) atoms. The minimum absolute atomic E-state index is 0.0259. The number of imidazole rings is 1. The maximum Gasteiger partial charge on any atom is 0.329 e. The SMILES string of the molecule is COc1ccc(C(C)NC(=O)Cn2c(=O)n(C)c3ccccc32)cc1Br. The summed E-state index contributed by atoms with van der Waals surface area (Å²) in [7, 11) is 3.31. The Kier molecular flexibility index (Phi) is 5.18. The molecule has 1 aromatic heterocycles. The van der Waals surface area contributed by atoms with E-state index >= 15 is 0 Å². The molecule has 0 bridgehead atoms. The lowest BCUT2D eigenvalue weighted by Gasteiger charge is -2.16. The molecule has 136 valence electrons. The van der Waals surface area contributed by atoms with Crippen LogP contribution in [0.3, 0.4) is 0 Å². The smallest absolute Gasteiger partial charge is 0.329 e. The van der Waals surface area contributed by atoms with Crippen molar-refractivity contribution in [3.63, 3.8) is 0 Å². The van der Waals surface area contributed by atoms with Gasteiger partial charge in [-0.2, -0.15) is 0 Å². The summed E-state index contributed by atoms with van der Waals surface area (Å²) in [5.41, 5.74) is 2.28. The fraction of sp³-hybridized carbons (Fsp3) is 0.263. The van der Waals surface area contributed by atoms with E-state index in [1.54, 1.807) is 18.7 Å². The molecule has 6 nitrogen and oxygen atoms in total. The Morgan fingerprint density at radius 3 is 2.58 bits per heavy atom. The number of rotatable bonds is 5. The van der Waals surface area contributed by atoms with Gasteiger partial charge in [-0.3, -0.25) is 13.9 Å². The number of fused-ring (bicyclic) bond motifs is 1. The quantitative estimate of drug-likeness (QED) is 0.693. The van der Waals surface area contributed by atoms with Gasteiger partial charge in [0.25, 0.3) is 0 Å². The number of para-hydroxylation sites is 2. The Hall–Kier alpha value is -2.54. The highest BCUT2D eigenvalue weighted by molar-refractivity contribution is 9.10. The minimum atomic E-state index is -0.220. The van der Waals surface area contributed by atoms with E-state index in [9.17, 15) is 9.59 Å². The summed E-state index contributed by atoms with van der Waals surface area (Å²) < 4.78 is 9.08. The maximum absolute atomic E-state index is 12.5. The monoisotopic (exact) mass is 417 g/mol. The molecule has 2 aromatic carbocycles. The van der Waals surface area contributed by atoms with Crippen molar-refractivity contribution in [1.82, 2.24) is 14.5 Å². The Bertz CT molecular complexity index is 1020. The average Bonchev–Trinajstić information content (AvgIpc) is 2.87. The number of benzene rings is 2. The summed E-state index contributed by atoms with van der Waals surface area (Å²) in [6, 6.07) is 12.9. The first-order valence-corrected chi connectivity index (χ1v) is 8.98. The second-order valence-electron chi connectivity index (χ2n) is 6.10. The third kappa shape index (κ3) is 3.39. The summed E-state index contributed by atoms with van der Waals surface area (Å²) >= 11 is 3.45. The lowest BCUT2D eigenvalue weighted by molar-refractivity contribution is -0.122. The predicted octanol–water partition coefficient (Wildman–Crippen LogP) is 2.99. The number of nitrogens with one attached hydrogen (secondary N) is 1. The van der Waals surface area contributed by atoms with Gasteiger partial charge in [0, 0.05) is 7.05 Å². The van der Waals surface area contributed by atoms with Crippen LogP contribution < -0.4 is 15.7 Å². The van der Waals surface area contributed by atoms with E-state index in [2.05, 4.69) is 21.2 Å². The summed E-state index contributed by atoms with van der Waals surface area (Å²) in [4.78, 5) is 24.9. The van der Waals surface area contributed by atoms with Crippen molar-refractivity contribution < 1.29 is 9.53 Å². The van der Waals surface area contributed by atoms with Gasteiger partial charge in [-0.05, 0) is 52.7 Å². The highest BCUT2D eigenvalue weighted by atomic mass is 79.9. The van der Waals surface area contributed by atoms with Crippen molar-refractivity contribution >= 4 is 32.9 Å². The van der Waals surface area contributed by atoms with E-state index in [0.29, 0.717) is 0 Å². The third-order valence-electron chi connectivity index (χ3n) is 4.41. The molecule has 1 amide bonds. The summed E-state index contributed by atoms with van der Waals surface area (Å²) in [6.07, 6.45) is 0. The number of hydrogen-bond acceptors (Lipinski definition) is 3. The van der Waals surface area contributed by atoms with Gasteiger partial charge in [-0.1, -0.05) is 18.2 Å². The second-order valence-corrected chi connectivity index (χ2v) is 6.95. The molecule has 3 rings (SSSR count). The van der Waals surface area contributed by atoms with Crippen molar-refractivity contribution in [3.05, 3.63) is 63.0 Å². The number of nitrogens with zero attached hydrogens (tertiary/aromatic N) is 2. The fourth-order valence-electron chi connectivity index (χ4n) is 2.98. The van der Waals surface area contributed by atoms with E-state index < -0.39 is 0 Å². The molecule has 0 radical (unpaired) electrons. The van der Waals surface area contributed by atoms with Crippen molar-refractivity contribution in [1.29, 1.82) is 0 Å². The van der Waals surface area contributed by atoms with Gasteiger partial charge in [0.2, 0.25) is 5.91 Å². The van der Waals surface area contributed by atoms with Crippen LogP contribution in [0.2, 0.25) is 0 Å². The van der Waals surface area contributed by atoms with Crippen LogP contribution in [0.4, 0.5) is 0 Å². The van der Waals surface area contributed by atoms with Crippen LogP contribution in [0.25, 0.3) is 11.0 Å². The van der Waals surface area contributed by atoms with E-state index in [4.69, 9.17) is 4.74 Å². The van der Waals surface area contributed by atoms with Gasteiger partial charge in [-0.15, -0.1) is 0 Å². The zero-order valence-electron chi connectivity index (χ0n) is 14.8. The lowest BCUT2D eigenvalue weighted by atomic mass is 10.1. The van der Waals surface area contributed by atoms with E-state index in [1.165, 1.54) is 4.57 Å². The number of ether oxygens (including phenoxy) is 1. The molecule has 1 heterocycles. The molecular weight excluding hydrogens is 398 g/mol. The van der Waals surface area contributed by atoms with Gasteiger partial charge in [0.15, 0.2) is 0 Å². The van der Waals surface area contributed by atoms with Crippen LogP contribution in [-0.2, 0) is 18.4 Å². The predicted molar refractivity (Wildman–Crippen MR) is 104 cm³/mol. The summed E-state index contributed by atoms with van der Waals surface area (Å²) in [5.74, 6) is 0.512. The fourth-order valence-corrected chi connectivity index (χ4v) is 3.54. The highest BCUT2D eigenvalue weighted by Crippen LogP contribution is 2.28. The number of hydrogen-bond donors (Lipinski definition) is 1. The van der Waals surface area contributed by atoms with Crippen LogP contribution in [-0.4, -0.2) is 22.2 Å². The molecular formula is C19H20BrN3O3. The Balaban J connectivity index is 1.78. The van der Waals surface area contributed by atoms with Crippen LogP contribution in [0.1, 0.15) is 18.5 Å². The van der Waals surface area contributed by atoms with E-state index in [0.717, 1.165) is 26.8 Å². The number of amides is 1. The normalized spacial score (nSPS) is 12.2. The molecule has 0 saturated heterocycles. The molecule has 1 atom stereocenters. The van der Waals surface area contributed by atoms with Crippen molar-refractivity contribution in [2.45, 2.75) is 19.5 Å². The standard InChI is InChI=1S/C19H20BrN3O3/c1-12(13-8-9-17(26-3)14(20)10-13)21-18(24)11-23-16-7-5-4-6-15(16)22(2)19(23)25/h4-10,12H,11H2,1-3H3,(H,21,24). The largest absolute Gasteiger partial charge is 0.496 e. The van der Waals surface area contributed by atoms with Gasteiger partial charge in [-0.25, -0.2) is 4.79 Å². The van der Waals surface area contributed by atoms with Gasteiger partial charge in [0.1, 0.15) is 12.3 Å². The molecule has 7 heteroatoms. The molecule has 1 unspecified atom stereocenters. The first-order chi connectivity index (χ1) is 12.4. The number of aryl methyl sites for hydroxylation is 1. The van der Waals surface area contributed by atoms with Crippen molar-refractivity contribution in [2.75, 3.05) is 7.11 Å². The summed E-state index contributed by atoms with van der Waals surface area (Å²) in [6.45, 7) is 1.87. The molecule has 0 aliphatic rings. The zero-order valence-corrected chi connectivity index (χ0v) is 16.4. The van der Waals surface area contributed by atoms with Crippen LogP contribution in [0, 0.1) is 0 Å². The molecule has 1 N–H and O–H groups in total. The summed E-state index contributed by atoms with van der Waals surface area (Å²) in [5, 5.41) is 2.94. The Morgan fingerprint density at radius 1 is 1.23 bits per heavy atom. The molecule has 0 spiro atoms. The topological polar surface area (TPSA) is 65.3 Å². The Labute approximate surface area is 159 Å². The van der Waals surface area contributed by atoms with Crippen LogP contribution in [0.15, 0.2) is 51.7 Å². The average molecular weight is 418 g/mol. The first-order valence-electron chi connectivity index (χ1n) is 8.19. The maximum atomic E-state index is 12.5. The Morgan fingerprint density at radius 2 is 1.92 bits per heavy atom. The van der Waals surface area contributed by atoms with Gasteiger partial charge in [0.05, 0.1) is 28.7 Å². The van der Waals surface area contributed by atoms with Crippen molar-refractivity contribution in [2.24, 2.45) is 7.05 Å². The number of halogens is 1. The van der Waals surface area contributed by atoms with E-state index in [1.807, 2.05) is 49.4 Å². The highest BCUT2D eigenvalue weighted by Gasteiger charge is 2.16. The second kappa shape index (κ2) is 7.37. The first kappa shape index (κ1) is 18.3. The molecule has 0 fully saturated rings. The molecule has 0 aliphatic carbocycles. The number of carbonyl (C=O) groups excluding carboxylic acids is 1. The minimum Gasteiger partial charge on any atom is -0.496 e. The van der Waals surface area contributed by atoms with Crippen LogP contribution in [0.5, 0.6) is 5.75 Å². The number of carbonyl (C=O) groups is 1. The molecule has 0 saturated carbocycles.